The van der Waals surface area contributed by atoms with Gasteiger partial charge in [-0.2, -0.15) is 0 Å². The van der Waals surface area contributed by atoms with E-state index in [1.807, 2.05) is 76.3 Å². The Labute approximate surface area is 202 Å². The third-order valence-electron chi connectivity index (χ3n) is 5.90. The fourth-order valence-electron chi connectivity index (χ4n) is 4.40. The van der Waals surface area contributed by atoms with Crippen LogP contribution < -0.4 is 15.0 Å². The van der Waals surface area contributed by atoms with E-state index in [1.54, 1.807) is 31.5 Å². The normalized spacial score (nSPS) is 17.4. The molecule has 0 unspecified atom stereocenters. The summed E-state index contributed by atoms with van der Waals surface area (Å²) >= 11 is 5.82. The van der Waals surface area contributed by atoms with Gasteiger partial charge < -0.3 is 24.6 Å². The molecule has 0 amide bonds. The van der Waals surface area contributed by atoms with Gasteiger partial charge in [0.2, 0.25) is 0 Å². The summed E-state index contributed by atoms with van der Waals surface area (Å²) in [6, 6.07) is 23.9. The standard InChI is InChI=1S/C26H22N4O3S/c1-33-22-13-3-2-11-20(22)30-24(23(28-26(30)34)19-10-4-5-14-27-19)21-12-7-15-29(21)18-9-6-8-17(16-18)25(31)32/h2-16,23-24H,1H3,(H,28,34)(H,31,32)/t23-,24-/m1/s1. The number of ether oxygens (including phenoxy) is 1. The van der Waals surface area contributed by atoms with E-state index in [4.69, 9.17) is 17.0 Å². The second kappa shape index (κ2) is 8.99. The maximum Gasteiger partial charge on any atom is 0.335 e. The first-order chi connectivity index (χ1) is 16.6. The molecule has 34 heavy (non-hydrogen) atoms. The molecule has 0 radical (unpaired) electrons. The van der Waals surface area contributed by atoms with Crippen LogP contribution in [-0.2, 0) is 0 Å². The van der Waals surface area contributed by atoms with Crippen molar-refractivity contribution in [3.8, 4) is 11.4 Å². The first-order valence-corrected chi connectivity index (χ1v) is 11.1. The van der Waals surface area contributed by atoms with Crippen molar-refractivity contribution in [2.75, 3.05) is 12.0 Å². The molecule has 170 valence electrons. The summed E-state index contributed by atoms with van der Waals surface area (Å²) in [5.74, 6) is -0.273. The number of rotatable bonds is 6. The molecule has 1 saturated heterocycles. The van der Waals surface area contributed by atoms with Crippen LogP contribution in [0.4, 0.5) is 5.69 Å². The highest BCUT2D eigenvalue weighted by atomic mass is 32.1. The van der Waals surface area contributed by atoms with Gasteiger partial charge in [-0.3, -0.25) is 4.98 Å². The minimum atomic E-state index is -0.971. The number of anilines is 1. The Hall–Kier alpha value is -4.17. The van der Waals surface area contributed by atoms with E-state index in [9.17, 15) is 9.90 Å². The van der Waals surface area contributed by atoms with Crippen LogP contribution in [0.15, 0.2) is 91.3 Å². The van der Waals surface area contributed by atoms with Crippen molar-refractivity contribution in [1.82, 2.24) is 14.9 Å². The van der Waals surface area contributed by atoms with Crippen LogP contribution in [-0.4, -0.2) is 32.8 Å². The van der Waals surface area contributed by atoms with E-state index in [-0.39, 0.29) is 17.6 Å². The van der Waals surface area contributed by atoms with Crippen molar-refractivity contribution in [3.63, 3.8) is 0 Å². The molecule has 4 aromatic rings. The van der Waals surface area contributed by atoms with Crippen LogP contribution in [0.5, 0.6) is 5.75 Å². The zero-order valence-electron chi connectivity index (χ0n) is 18.3. The number of benzene rings is 2. The van der Waals surface area contributed by atoms with E-state index in [1.165, 1.54) is 0 Å². The fourth-order valence-corrected chi connectivity index (χ4v) is 4.74. The molecule has 0 aliphatic carbocycles. The van der Waals surface area contributed by atoms with Gasteiger partial charge in [-0.1, -0.05) is 24.3 Å². The highest BCUT2D eigenvalue weighted by molar-refractivity contribution is 7.80. The van der Waals surface area contributed by atoms with Gasteiger partial charge >= 0.3 is 5.97 Å². The second-order valence-corrected chi connectivity index (χ2v) is 8.21. The molecular formula is C26H22N4O3S. The summed E-state index contributed by atoms with van der Waals surface area (Å²) in [5.41, 5.74) is 3.58. The van der Waals surface area contributed by atoms with Gasteiger partial charge in [0.25, 0.3) is 0 Å². The molecule has 0 saturated carbocycles. The van der Waals surface area contributed by atoms with Crippen molar-refractivity contribution in [2.24, 2.45) is 0 Å². The lowest BCUT2D eigenvalue weighted by atomic mass is 10.0. The Kier molecular flexibility index (Phi) is 5.73. The molecule has 7 nitrogen and oxygen atoms in total. The van der Waals surface area contributed by atoms with Gasteiger partial charge in [0.1, 0.15) is 11.8 Å². The number of aromatic nitrogens is 2. The number of hydrogen-bond acceptors (Lipinski definition) is 4. The zero-order valence-corrected chi connectivity index (χ0v) is 19.1. The predicted molar refractivity (Wildman–Crippen MR) is 134 cm³/mol. The Morgan fingerprint density at radius 2 is 1.88 bits per heavy atom. The van der Waals surface area contributed by atoms with Crippen molar-refractivity contribution in [1.29, 1.82) is 0 Å². The average molecular weight is 471 g/mol. The maximum atomic E-state index is 11.6. The van der Waals surface area contributed by atoms with Gasteiger partial charge in [-0.15, -0.1) is 0 Å². The molecular weight excluding hydrogens is 448 g/mol. The zero-order chi connectivity index (χ0) is 23.7. The number of nitrogens with one attached hydrogen (secondary N) is 1. The van der Waals surface area contributed by atoms with Gasteiger partial charge in [-0.25, -0.2) is 4.79 Å². The number of methoxy groups -OCH3 is 1. The molecule has 1 fully saturated rings. The van der Waals surface area contributed by atoms with Crippen LogP contribution in [0.3, 0.4) is 0 Å². The van der Waals surface area contributed by atoms with Crippen LogP contribution in [0.1, 0.15) is 33.8 Å². The molecule has 1 aliphatic heterocycles. The number of hydrogen-bond donors (Lipinski definition) is 2. The Balaban J connectivity index is 1.69. The van der Waals surface area contributed by atoms with Crippen molar-refractivity contribution >= 4 is 29.0 Å². The molecule has 2 atom stereocenters. The number of nitrogens with zero attached hydrogens (tertiary/aromatic N) is 3. The lowest BCUT2D eigenvalue weighted by molar-refractivity contribution is 0.0697. The minimum absolute atomic E-state index is 0.222. The van der Waals surface area contributed by atoms with Crippen LogP contribution in [0.2, 0.25) is 0 Å². The lowest BCUT2D eigenvalue weighted by Gasteiger charge is -2.30. The molecule has 2 N–H and O–H groups in total. The Morgan fingerprint density at radius 1 is 1.06 bits per heavy atom. The van der Waals surface area contributed by atoms with Crippen LogP contribution in [0, 0.1) is 0 Å². The highest BCUT2D eigenvalue weighted by Crippen LogP contribution is 2.44. The molecule has 0 spiro atoms. The van der Waals surface area contributed by atoms with E-state index in [0.29, 0.717) is 10.9 Å². The molecule has 2 aromatic heterocycles. The second-order valence-electron chi connectivity index (χ2n) is 7.83. The van der Waals surface area contributed by atoms with E-state index >= 15 is 0 Å². The smallest absolute Gasteiger partial charge is 0.335 e. The van der Waals surface area contributed by atoms with Gasteiger partial charge in [0.15, 0.2) is 5.11 Å². The number of aromatic carboxylic acids is 1. The van der Waals surface area contributed by atoms with E-state index in [2.05, 4.69) is 10.3 Å². The summed E-state index contributed by atoms with van der Waals surface area (Å²) < 4.78 is 7.64. The van der Waals surface area contributed by atoms with E-state index in [0.717, 1.165) is 22.8 Å². The summed E-state index contributed by atoms with van der Waals surface area (Å²) in [5, 5.41) is 13.5. The summed E-state index contributed by atoms with van der Waals surface area (Å²) in [4.78, 5) is 18.2. The van der Waals surface area contributed by atoms with E-state index < -0.39 is 5.97 Å². The largest absolute Gasteiger partial charge is 0.495 e. The Bertz CT molecular complexity index is 1350. The van der Waals surface area contributed by atoms with Crippen molar-refractivity contribution in [3.05, 3.63) is 108 Å². The first kappa shape index (κ1) is 21.7. The molecule has 0 bridgehead atoms. The quantitative estimate of drug-likeness (QED) is 0.394. The topological polar surface area (TPSA) is 79.6 Å². The van der Waals surface area contributed by atoms with Crippen molar-refractivity contribution < 1.29 is 14.6 Å². The number of para-hydroxylation sites is 2. The van der Waals surface area contributed by atoms with Crippen molar-refractivity contribution in [2.45, 2.75) is 12.1 Å². The SMILES string of the molecule is COc1ccccc1N1C(=S)N[C@H](c2ccccn2)[C@H]1c1cccn1-c1cccc(C(=O)O)c1. The van der Waals surface area contributed by atoms with Gasteiger partial charge in [-0.05, 0) is 66.8 Å². The van der Waals surface area contributed by atoms with Crippen LogP contribution in [0.25, 0.3) is 5.69 Å². The summed E-state index contributed by atoms with van der Waals surface area (Å²) in [6.07, 6.45) is 3.69. The summed E-state index contributed by atoms with van der Waals surface area (Å²) in [7, 11) is 1.64. The number of carboxylic acids is 1. The third-order valence-corrected chi connectivity index (χ3v) is 6.21. The lowest BCUT2D eigenvalue weighted by Crippen LogP contribution is -2.30. The van der Waals surface area contributed by atoms with Crippen LogP contribution >= 0.6 is 12.2 Å². The summed E-state index contributed by atoms with van der Waals surface area (Å²) in [6.45, 7) is 0. The van der Waals surface area contributed by atoms with Gasteiger partial charge in [0, 0.05) is 23.8 Å². The minimum Gasteiger partial charge on any atom is -0.495 e. The average Bonchev–Trinajstić information content (AvgIpc) is 3.49. The monoisotopic (exact) mass is 470 g/mol. The first-order valence-electron chi connectivity index (χ1n) is 10.7. The third kappa shape index (κ3) is 3.78. The van der Waals surface area contributed by atoms with Gasteiger partial charge in [0.05, 0.1) is 30.1 Å². The fraction of sp³-hybridized carbons (Fsp3) is 0.115. The number of carboxylic acid groups (broad SMARTS) is 1. The predicted octanol–water partition coefficient (Wildman–Crippen LogP) is 4.76. The number of thiocarbonyl (C=S) groups is 1. The molecule has 5 rings (SSSR count). The molecule has 3 heterocycles. The molecule has 1 aliphatic rings. The number of carbonyl (C=O) groups is 1. The highest BCUT2D eigenvalue weighted by Gasteiger charge is 2.43. The maximum absolute atomic E-state index is 11.6. The molecule has 8 heteroatoms. The Morgan fingerprint density at radius 3 is 2.65 bits per heavy atom. The number of pyridine rings is 1. The molecule has 2 aromatic carbocycles.